The van der Waals surface area contributed by atoms with Gasteiger partial charge in [-0.05, 0) is 12.1 Å². The number of carbonyl (C=O) groups is 1. The average Bonchev–Trinajstić information content (AvgIpc) is 2.32. The molecule has 2 aromatic rings. The molecule has 0 atom stereocenters. The zero-order valence-corrected chi connectivity index (χ0v) is 9.42. The predicted molar refractivity (Wildman–Crippen MR) is 61.0 cm³/mol. The molecule has 0 radical (unpaired) electrons. The Bertz CT molecular complexity index is 546. The second-order valence-corrected chi connectivity index (χ2v) is 3.69. The van der Waals surface area contributed by atoms with Crippen LogP contribution in [0.15, 0.2) is 30.6 Å². The van der Waals surface area contributed by atoms with E-state index in [2.05, 4.69) is 15.0 Å². The fraction of sp³-hybridized carbons (Fsp3) is 0.0909. The van der Waals surface area contributed by atoms with Gasteiger partial charge in [-0.1, -0.05) is 17.7 Å². The number of carboxylic acid groups (broad SMARTS) is 1. The van der Waals surface area contributed by atoms with Crippen molar-refractivity contribution in [1.82, 2.24) is 15.0 Å². The van der Waals surface area contributed by atoms with Gasteiger partial charge < -0.3 is 5.11 Å². The van der Waals surface area contributed by atoms with Crippen molar-refractivity contribution >= 4 is 17.6 Å². The first-order chi connectivity index (χ1) is 8.16. The molecule has 2 heterocycles. The molecule has 0 aromatic carbocycles. The molecule has 17 heavy (non-hydrogen) atoms. The highest BCUT2D eigenvalue weighted by Crippen LogP contribution is 2.13. The molecule has 86 valence electrons. The summed E-state index contributed by atoms with van der Waals surface area (Å²) in [5.74, 6) is -0.787. The first-order valence-electron chi connectivity index (χ1n) is 4.81. The standard InChI is InChI=1S/C11H8ClN3O2/c12-8-6-14-9(15-10(8)11(16)17)5-7-3-1-2-4-13-7/h1-4,6H,5H2,(H,16,17). The number of hydrogen-bond acceptors (Lipinski definition) is 4. The first-order valence-corrected chi connectivity index (χ1v) is 5.19. The van der Waals surface area contributed by atoms with Gasteiger partial charge >= 0.3 is 5.97 Å². The van der Waals surface area contributed by atoms with E-state index in [-0.39, 0.29) is 10.7 Å². The lowest BCUT2D eigenvalue weighted by molar-refractivity contribution is 0.0690. The third-order valence-corrected chi connectivity index (χ3v) is 2.34. The molecule has 5 nitrogen and oxygen atoms in total. The van der Waals surface area contributed by atoms with Crippen LogP contribution in [0.1, 0.15) is 22.0 Å². The highest BCUT2D eigenvalue weighted by molar-refractivity contribution is 6.33. The highest BCUT2D eigenvalue weighted by atomic mass is 35.5. The van der Waals surface area contributed by atoms with Gasteiger partial charge in [-0.3, -0.25) is 4.98 Å². The van der Waals surface area contributed by atoms with Crippen molar-refractivity contribution in [2.75, 3.05) is 0 Å². The molecule has 0 bridgehead atoms. The van der Waals surface area contributed by atoms with E-state index < -0.39 is 5.97 Å². The lowest BCUT2D eigenvalue weighted by Gasteiger charge is -2.02. The molecule has 0 spiro atoms. The van der Waals surface area contributed by atoms with Gasteiger partial charge in [0.1, 0.15) is 5.82 Å². The van der Waals surface area contributed by atoms with Crippen molar-refractivity contribution in [2.24, 2.45) is 0 Å². The Morgan fingerprint density at radius 3 is 2.82 bits per heavy atom. The summed E-state index contributed by atoms with van der Waals surface area (Å²) < 4.78 is 0. The molecule has 1 N–H and O–H groups in total. The van der Waals surface area contributed by atoms with E-state index in [9.17, 15) is 4.79 Å². The summed E-state index contributed by atoms with van der Waals surface area (Å²) in [4.78, 5) is 22.8. The smallest absolute Gasteiger partial charge is 0.356 e. The van der Waals surface area contributed by atoms with Crippen molar-refractivity contribution < 1.29 is 9.90 Å². The molecule has 6 heteroatoms. The molecule has 0 aliphatic rings. The van der Waals surface area contributed by atoms with Crippen LogP contribution in [0, 0.1) is 0 Å². The molecule has 0 amide bonds. The molecule has 0 aliphatic heterocycles. The minimum atomic E-state index is -1.17. The third kappa shape index (κ3) is 2.76. The third-order valence-electron chi connectivity index (χ3n) is 2.06. The molecule has 0 saturated carbocycles. The summed E-state index contributed by atoms with van der Waals surface area (Å²) in [5.41, 5.74) is 0.582. The lowest BCUT2D eigenvalue weighted by Crippen LogP contribution is -2.07. The van der Waals surface area contributed by atoms with Gasteiger partial charge in [0.15, 0.2) is 5.69 Å². The number of halogens is 1. The number of rotatable bonds is 3. The Kier molecular flexibility index (Phi) is 3.30. The zero-order valence-electron chi connectivity index (χ0n) is 8.67. The molecule has 0 aliphatic carbocycles. The van der Waals surface area contributed by atoms with Crippen LogP contribution in [-0.2, 0) is 6.42 Å². The van der Waals surface area contributed by atoms with Crippen molar-refractivity contribution in [3.05, 3.63) is 52.8 Å². The maximum atomic E-state index is 10.8. The van der Waals surface area contributed by atoms with E-state index in [4.69, 9.17) is 16.7 Å². The van der Waals surface area contributed by atoms with Gasteiger partial charge in [0.25, 0.3) is 0 Å². The Morgan fingerprint density at radius 2 is 2.18 bits per heavy atom. The van der Waals surface area contributed by atoms with E-state index in [0.717, 1.165) is 5.69 Å². The lowest BCUT2D eigenvalue weighted by atomic mass is 10.2. The number of aromatic carboxylic acids is 1. The van der Waals surface area contributed by atoms with Crippen molar-refractivity contribution in [3.63, 3.8) is 0 Å². The Hall–Kier alpha value is -2.01. The Morgan fingerprint density at radius 1 is 1.35 bits per heavy atom. The Labute approximate surface area is 102 Å². The summed E-state index contributed by atoms with van der Waals surface area (Å²) in [5, 5.41) is 8.90. The minimum absolute atomic E-state index is 0.0299. The predicted octanol–water partition coefficient (Wildman–Crippen LogP) is 1.81. The van der Waals surface area contributed by atoms with Gasteiger partial charge in [0, 0.05) is 11.9 Å². The SMILES string of the molecule is O=C(O)c1nc(Cc2ccccn2)ncc1Cl. The molecule has 2 aromatic heterocycles. The van der Waals surface area contributed by atoms with E-state index in [1.165, 1.54) is 6.20 Å². The van der Waals surface area contributed by atoms with Gasteiger partial charge in [-0.25, -0.2) is 14.8 Å². The number of aromatic nitrogens is 3. The van der Waals surface area contributed by atoms with Gasteiger partial charge in [-0.2, -0.15) is 0 Å². The maximum Gasteiger partial charge on any atom is 0.356 e. The quantitative estimate of drug-likeness (QED) is 0.898. The molecule has 2 rings (SSSR count). The van der Waals surface area contributed by atoms with Crippen LogP contribution in [0.2, 0.25) is 5.02 Å². The van der Waals surface area contributed by atoms with Gasteiger partial charge in [0.2, 0.25) is 0 Å². The van der Waals surface area contributed by atoms with Crippen molar-refractivity contribution in [3.8, 4) is 0 Å². The summed E-state index contributed by atoms with van der Waals surface area (Å²) in [7, 11) is 0. The van der Waals surface area contributed by atoms with Crippen molar-refractivity contribution in [1.29, 1.82) is 0 Å². The summed E-state index contributed by atoms with van der Waals surface area (Å²) in [6.07, 6.45) is 3.32. The largest absolute Gasteiger partial charge is 0.476 e. The normalized spacial score (nSPS) is 10.2. The number of pyridine rings is 1. The average molecular weight is 250 g/mol. The molecular formula is C11H8ClN3O2. The molecule has 0 fully saturated rings. The van der Waals surface area contributed by atoms with Crippen LogP contribution in [0.3, 0.4) is 0 Å². The number of carboxylic acids is 1. The summed E-state index contributed by atoms with van der Waals surface area (Å²) in [6, 6.07) is 5.46. The molecule has 0 unspecified atom stereocenters. The van der Waals surface area contributed by atoms with Crippen LogP contribution in [0.4, 0.5) is 0 Å². The van der Waals surface area contributed by atoms with Crippen LogP contribution in [0.25, 0.3) is 0 Å². The van der Waals surface area contributed by atoms with Crippen LogP contribution >= 0.6 is 11.6 Å². The summed E-state index contributed by atoms with van der Waals surface area (Å²) >= 11 is 5.67. The number of nitrogens with zero attached hydrogens (tertiary/aromatic N) is 3. The summed E-state index contributed by atoms with van der Waals surface area (Å²) in [6.45, 7) is 0. The second-order valence-electron chi connectivity index (χ2n) is 3.29. The fourth-order valence-electron chi connectivity index (χ4n) is 1.30. The van der Waals surface area contributed by atoms with E-state index >= 15 is 0 Å². The van der Waals surface area contributed by atoms with E-state index in [1.54, 1.807) is 12.3 Å². The van der Waals surface area contributed by atoms with E-state index in [1.807, 2.05) is 12.1 Å². The van der Waals surface area contributed by atoms with Crippen molar-refractivity contribution in [2.45, 2.75) is 6.42 Å². The van der Waals surface area contributed by atoms with Gasteiger partial charge in [0.05, 0.1) is 17.6 Å². The zero-order chi connectivity index (χ0) is 12.3. The van der Waals surface area contributed by atoms with Gasteiger partial charge in [-0.15, -0.1) is 0 Å². The molecule has 0 saturated heterocycles. The molecular weight excluding hydrogens is 242 g/mol. The van der Waals surface area contributed by atoms with Crippen LogP contribution in [-0.4, -0.2) is 26.0 Å². The first kappa shape index (κ1) is 11.5. The second kappa shape index (κ2) is 4.88. The number of hydrogen-bond donors (Lipinski definition) is 1. The Balaban J connectivity index is 2.29. The monoisotopic (exact) mass is 249 g/mol. The topological polar surface area (TPSA) is 76.0 Å². The highest BCUT2D eigenvalue weighted by Gasteiger charge is 2.12. The fourth-order valence-corrected chi connectivity index (χ4v) is 1.48. The minimum Gasteiger partial charge on any atom is -0.476 e. The van der Waals surface area contributed by atoms with Crippen LogP contribution in [0.5, 0.6) is 0 Å². The maximum absolute atomic E-state index is 10.8. The van der Waals surface area contributed by atoms with Crippen LogP contribution < -0.4 is 0 Å². The van der Waals surface area contributed by atoms with E-state index in [0.29, 0.717) is 12.2 Å².